The number of nitrogens with one attached hydrogen (secondary N) is 1. The lowest BCUT2D eigenvalue weighted by atomic mass is 10.0. The Morgan fingerprint density at radius 1 is 1.36 bits per heavy atom. The third-order valence-corrected chi connectivity index (χ3v) is 3.90. The molecule has 0 spiro atoms. The summed E-state index contributed by atoms with van der Waals surface area (Å²) in [6.07, 6.45) is 2.16. The monoisotopic (exact) mass is 307 g/mol. The number of amides is 2. The highest BCUT2D eigenvalue weighted by molar-refractivity contribution is 5.92. The van der Waals surface area contributed by atoms with Crippen molar-refractivity contribution in [3.05, 3.63) is 34.2 Å². The largest absolute Gasteiger partial charge is 0.447 e. The van der Waals surface area contributed by atoms with Gasteiger partial charge in [0.25, 0.3) is 11.5 Å². The number of hydrogen-bond donors (Lipinski definition) is 1. The summed E-state index contributed by atoms with van der Waals surface area (Å²) in [6, 6.07) is 4.47. The molecule has 2 heterocycles. The maximum Gasteiger partial charge on any atom is 0.406 e. The number of carbonyl (C=O) groups excluding carboxylic acids is 2. The number of likely N-dealkylation sites (tertiary alicyclic amines) is 1. The highest BCUT2D eigenvalue weighted by atomic mass is 16.5. The van der Waals surface area contributed by atoms with Gasteiger partial charge in [-0.3, -0.25) is 9.59 Å². The van der Waals surface area contributed by atoms with Gasteiger partial charge in [0.1, 0.15) is 12.3 Å². The number of pyridine rings is 1. The zero-order chi connectivity index (χ0) is 16.1. The molecule has 0 aromatic carbocycles. The molecule has 0 aliphatic carbocycles. The van der Waals surface area contributed by atoms with Crippen molar-refractivity contribution in [2.45, 2.75) is 25.3 Å². The van der Waals surface area contributed by atoms with E-state index in [9.17, 15) is 14.4 Å². The van der Waals surface area contributed by atoms with E-state index in [0.29, 0.717) is 12.2 Å². The number of piperidine rings is 1. The van der Waals surface area contributed by atoms with Crippen LogP contribution >= 0.6 is 0 Å². The predicted molar refractivity (Wildman–Crippen MR) is 80.8 cm³/mol. The van der Waals surface area contributed by atoms with E-state index in [-0.39, 0.29) is 24.1 Å². The van der Waals surface area contributed by atoms with Crippen molar-refractivity contribution in [2.24, 2.45) is 7.05 Å². The van der Waals surface area contributed by atoms with E-state index in [4.69, 9.17) is 4.74 Å². The van der Waals surface area contributed by atoms with Crippen molar-refractivity contribution in [3.8, 4) is 0 Å². The molecule has 22 heavy (non-hydrogen) atoms. The van der Waals surface area contributed by atoms with Crippen molar-refractivity contribution in [3.63, 3.8) is 0 Å². The molecule has 1 atom stereocenters. The van der Waals surface area contributed by atoms with Crippen LogP contribution in [0.3, 0.4) is 0 Å². The van der Waals surface area contributed by atoms with Gasteiger partial charge in [0, 0.05) is 26.7 Å². The van der Waals surface area contributed by atoms with E-state index in [2.05, 4.69) is 5.32 Å². The SMILES string of the molecule is CNC(=O)OCC1CCCCN1C(=O)c1cccc(=O)n1C. The van der Waals surface area contributed by atoms with Gasteiger partial charge in [0.05, 0.1) is 6.04 Å². The van der Waals surface area contributed by atoms with E-state index in [1.165, 1.54) is 17.7 Å². The molecule has 1 aliphatic rings. The lowest BCUT2D eigenvalue weighted by Crippen LogP contribution is -2.47. The molecular formula is C15H21N3O4. The first-order valence-corrected chi connectivity index (χ1v) is 7.36. The van der Waals surface area contributed by atoms with Gasteiger partial charge < -0.3 is 19.5 Å². The van der Waals surface area contributed by atoms with Gasteiger partial charge in [0.2, 0.25) is 0 Å². The number of aromatic nitrogens is 1. The van der Waals surface area contributed by atoms with E-state index in [1.54, 1.807) is 24.1 Å². The van der Waals surface area contributed by atoms with E-state index in [1.807, 2.05) is 0 Å². The Hall–Kier alpha value is -2.31. The summed E-state index contributed by atoms with van der Waals surface area (Å²) in [6.45, 7) is 0.760. The molecule has 1 aliphatic heterocycles. The van der Waals surface area contributed by atoms with Crippen molar-refractivity contribution in [1.82, 2.24) is 14.8 Å². The van der Waals surface area contributed by atoms with Crippen LogP contribution in [0.25, 0.3) is 0 Å². The Kier molecular flexibility index (Phi) is 5.19. The van der Waals surface area contributed by atoms with Crippen LogP contribution in [0.2, 0.25) is 0 Å². The molecule has 1 fully saturated rings. The average Bonchev–Trinajstić information content (AvgIpc) is 2.54. The van der Waals surface area contributed by atoms with Crippen molar-refractivity contribution < 1.29 is 14.3 Å². The molecule has 0 radical (unpaired) electrons. The Balaban J connectivity index is 2.16. The summed E-state index contributed by atoms with van der Waals surface area (Å²) in [4.78, 5) is 37.3. The van der Waals surface area contributed by atoms with Crippen molar-refractivity contribution >= 4 is 12.0 Å². The van der Waals surface area contributed by atoms with E-state index in [0.717, 1.165) is 19.3 Å². The van der Waals surface area contributed by atoms with Crippen LogP contribution in [0, 0.1) is 0 Å². The predicted octanol–water partition coefficient (Wildman–Crippen LogP) is 0.736. The Labute approximate surface area is 128 Å². The maximum absolute atomic E-state index is 12.7. The number of hydrogen-bond acceptors (Lipinski definition) is 4. The van der Waals surface area contributed by atoms with Gasteiger partial charge in [-0.2, -0.15) is 0 Å². The average molecular weight is 307 g/mol. The number of nitrogens with zero attached hydrogens (tertiary/aromatic N) is 2. The van der Waals surface area contributed by atoms with Gasteiger partial charge in [-0.25, -0.2) is 4.79 Å². The van der Waals surface area contributed by atoms with Crippen LogP contribution in [0.5, 0.6) is 0 Å². The number of ether oxygens (including phenoxy) is 1. The molecule has 7 heteroatoms. The third kappa shape index (κ3) is 3.47. The normalized spacial score (nSPS) is 17.9. The van der Waals surface area contributed by atoms with Crippen LogP contribution in [0.4, 0.5) is 4.79 Å². The van der Waals surface area contributed by atoms with Gasteiger partial charge in [0.15, 0.2) is 0 Å². The standard InChI is InChI=1S/C15H21N3O4/c1-16-15(21)22-10-11-6-3-4-9-18(11)14(20)12-7-5-8-13(19)17(12)2/h5,7-8,11H,3-4,6,9-10H2,1-2H3,(H,16,21). The highest BCUT2D eigenvalue weighted by Crippen LogP contribution is 2.19. The third-order valence-electron chi connectivity index (χ3n) is 3.90. The Morgan fingerprint density at radius 2 is 2.14 bits per heavy atom. The summed E-state index contributed by atoms with van der Waals surface area (Å²) in [5.74, 6) is -0.203. The van der Waals surface area contributed by atoms with Crippen LogP contribution in [0.1, 0.15) is 29.8 Å². The summed E-state index contributed by atoms with van der Waals surface area (Å²) in [7, 11) is 3.07. The minimum Gasteiger partial charge on any atom is -0.447 e. The fourth-order valence-electron chi connectivity index (χ4n) is 2.61. The summed E-state index contributed by atoms with van der Waals surface area (Å²) in [5.41, 5.74) is 0.125. The molecule has 7 nitrogen and oxygen atoms in total. The summed E-state index contributed by atoms with van der Waals surface area (Å²) in [5, 5.41) is 2.39. The fourth-order valence-corrected chi connectivity index (χ4v) is 2.61. The van der Waals surface area contributed by atoms with Gasteiger partial charge >= 0.3 is 6.09 Å². The lowest BCUT2D eigenvalue weighted by Gasteiger charge is -2.35. The molecule has 0 saturated carbocycles. The second-order valence-electron chi connectivity index (χ2n) is 5.30. The first-order valence-electron chi connectivity index (χ1n) is 7.36. The molecule has 0 bridgehead atoms. The fraction of sp³-hybridized carbons (Fsp3) is 0.533. The molecular weight excluding hydrogens is 286 g/mol. The van der Waals surface area contributed by atoms with Gasteiger partial charge in [-0.1, -0.05) is 6.07 Å². The number of alkyl carbamates (subject to hydrolysis) is 1. The molecule has 1 aromatic heterocycles. The number of rotatable bonds is 3. The van der Waals surface area contributed by atoms with Gasteiger partial charge in [-0.05, 0) is 25.3 Å². The molecule has 1 N–H and O–H groups in total. The highest BCUT2D eigenvalue weighted by Gasteiger charge is 2.29. The zero-order valence-corrected chi connectivity index (χ0v) is 12.9. The summed E-state index contributed by atoms with van der Waals surface area (Å²) >= 11 is 0. The first-order chi connectivity index (χ1) is 10.5. The second kappa shape index (κ2) is 7.11. The molecule has 1 unspecified atom stereocenters. The van der Waals surface area contributed by atoms with E-state index >= 15 is 0 Å². The first kappa shape index (κ1) is 16.1. The molecule has 120 valence electrons. The quantitative estimate of drug-likeness (QED) is 0.893. The lowest BCUT2D eigenvalue weighted by molar-refractivity contribution is 0.0442. The molecule has 1 aromatic rings. The molecule has 2 rings (SSSR count). The summed E-state index contributed by atoms with van der Waals surface area (Å²) < 4.78 is 6.43. The Morgan fingerprint density at radius 3 is 2.86 bits per heavy atom. The minimum absolute atomic E-state index is 0.158. The van der Waals surface area contributed by atoms with Crippen LogP contribution in [-0.2, 0) is 11.8 Å². The van der Waals surface area contributed by atoms with Crippen molar-refractivity contribution in [1.29, 1.82) is 0 Å². The minimum atomic E-state index is -0.509. The number of carbonyl (C=O) groups is 2. The van der Waals surface area contributed by atoms with Crippen LogP contribution < -0.4 is 10.9 Å². The van der Waals surface area contributed by atoms with Gasteiger partial charge in [-0.15, -0.1) is 0 Å². The molecule has 2 amide bonds. The topological polar surface area (TPSA) is 80.6 Å². The second-order valence-corrected chi connectivity index (χ2v) is 5.30. The van der Waals surface area contributed by atoms with Crippen LogP contribution in [-0.4, -0.2) is 47.7 Å². The Bertz CT molecular complexity index is 611. The maximum atomic E-state index is 12.7. The van der Waals surface area contributed by atoms with Crippen LogP contribution in [0.15, 0.2) is 23.0 Å². The molecule has 1 saturated heterocycles. The van der Waals surface area contributed by atoms with E-state index < -0.39 is 6.09 Å². The smallest absolute Gasteiger partial charge is 0.406 e. The van der Waals surface area contributed by atoms with Crippen molar-refractivity contribution in [2.75, 3.05) is 20.2 Å². The zero-order valence-electron chi connectivity index (χ0n) is 12.9.